The van der Waals surface area contributed by atoms with Crippen LogP contribution in [0.2, 0.25) is 12.1 Å². The van der Waals surface area contributed by atoms with Crippen LogP contribution in [-0.4, -0.2) is 67.8 Å². The maximum absolute atomic E-state index is 6.62. The second-order valence-corrected chi connectivity index (χ2v) is 21.9. The number of rotatable bonds is 38. The molecule has 45 heavy (non-hydrogen) atoms. The zero-order chi connectivity index (χ0) is 33.2. The summed E-state index contributed by atoms with van der Waals surface area (Å²) >= 11 is 0. The third kappa shape index (κ3) is 27.8. The van der Waals surface area contributed by atoms with E-state index in [0.29, 0.717) is 0 Å². The van der Waals surface area contributed by atoms with E-state index in [-0.39, 0.29) is 10.8 Å². The molecule has 0 atom stereocenters. The Bertz CT molecular complexity index is 521. The van der Waals surface area contributed by atoms with Crippen molar-refractivity contribution in [3.63, 3.8) is 0 Å². The predicted molar refractivity (Wildman–Crippen MR) is 215 cm³/mol. The summed E-state index contributed by atoms with van der Waals surface area (Å²) in [6, 6.07) is 2.64. The molecule has 0 aromatic carbocycles. The monoisotopic (exact) mass is 726 g/mol. The third-order valence-electron chi connectivity index (χ3n) is 8.44. The van der Waals surface area contributed by atoms with E-state index in [4.69, 9.17) is 18.9 Å². The van der Waals surface area contributed by atoms with Crippen LogP contribution in [-0.2, 0) is 18.9 Å². The summed E-state index contributed by atoms with van der Waals surface area (Å²) in [4.78, 5) is 0. The molecule has 0 rings (SSSR count). The van der Waals surface area contributed by atoms with Gasteiger partial charge in [0.05, 0.1) is 19.0 Å². The van der Waals surface area contributed by atoms with Crippen LogP contribution in [0.5, 0.6) is 0 Å². The van der Waals surface area contributed by atoms with Gasteiger partial charge in [-0.2, -0.15) is 0 Å². The Morgan fingerprint density at radius 1 is 0.400 bits per heavy atom. The van der Waals surface area contributed by atoms with E-state index in [1.807, 2.05) is 31.4 Å². The first-order valence-electron chi connectivity index (χ1n) is 19.5. The fourth-order valence-corrected chi connectivity index (χ4v) is 13.4. The van der Waals surface area contributed by atoms with Gasteiger partial charge in [0.15, 0.2) is 0 Å². The van der Waals surface area contributed by atoms with Gasteiger partial charge in [-0.15, -0.1) is 0 Å². The summed E-state index contributed by atoms with van der Waals surface area (Å²) in [5.41, 5.74) is -0.447. The molecule has 9 heteroatoms. The second-order valence-electron chi connectivity index (χ2n) is 12.9. The molecule has 0 N–H and O–H groups in total. The summed E-state index contributed by atoms with van der Waals surface area (Å²) in [5, 5.41) is 0. The van der Waals surface area contributed by atoms with Gasteiger partial charge in [0.1, 0.15) is 10.8 Å². The van der Waals surface area contributed by atoms with E-state index in [2.05, 4.69) is 41.5 Å². The largest absolute Gasteiger partial charge is 0.354 e. The molecule has 4 nitrogen and oxygen atoms in total. The fraction of sp³-hybridized carbons (Fsp3) is 1.00. The summed E-state index contributed by atoms with van der Waals surface area (Å²) in [7, 11) is 5.26. The van der Waals surface area contributed by atoms with Crippen LogP contribution in [0.4, 0.5) is 0 Å². The molecule has 0 heterocycles. The Morgan fingerprint density at radius 2 is 0.733 bits per heavy atom. The Hall–Kier alpha value is 1.32. The molecule has 0 bridgehead atoms. The van der Waals surface area contributed by atoms with Gasteiger partial charge >= 0.3 is 0 Å². The number of hydrogen-bond acceptors (Lipinski definition) is 7. The van der Waals surface area contributed by atoms with Crippen molar-refractivity contribution in [1.82, 2.24) is 0 Å². The van der Waals surface area contributed by atoms with Crippen molar-refractivity contribution < 1.29 is 18.9 Å². The lowest BCUT2D eigenvalue weighted by atomic mass is 10.2. The highest BCUT2D eigenvalue weighted by Gasteiger charge is 2.32. The van der Waals surface area contributed by atoms with Gasteiger partial charge in [0.2, 0.25) is 0 Å². The maximum atomic E-state index is 6.62. The minimum absolute atomic E-state index is 0.224. The smallest absolute Gasteiger partial charge is 0.144 e. The molecule has 0 amide bonds. The van der Waals surface area contributed by atoms with Crippen LogP contribution in [0.25, 0.3) is 0 Å². The fourth-order valence-electron chi connectivity index (χ4n) is 5.46. The molecule has 0 unspecified atom stereocenters. The molecule has 0 aliphatic heterocycles. The lowest BCUT2D eigenvalue weighted by Crippen LogP contribution is -2.43. The molecule has 0 aromatic rings. The quantitative estimate of drug-likeness (QED) is 0.0271. The van der Waals surface area contributed by atoms with Crippen molar-refractivity contribution in [2.45, 2.75) is 193 Å². The first kappa shape index (κ1) is 46.3. The minimum Gasteiger partial charge on any atom is -0.354 e. The average molecular weight is 727 g/mol. The second kappa shape index (κ2) is 35.2. The first-order chi connectivity index (χ1) is 22.1. The van der Waals surface area contributed by atoms with Crippen molar-refractivity contribution in [3.8, 4) is 0 Å². The molecule has 0 aliphatic rings. The molecular weight excluding hydrogens is 649 g/mol. The van der Waals surface area contributed by atoms with E-state index in [9.17, 15) is 0 Å². The Balaban J connectivity index is 4.53. The van der Waals surface area contributed by atoms with Crippen molar-refractivity contribution in [1.29, 1.82) is 0 Å². The highest BCUT2D eigenvalue weighted by molar-refractivity contribution is 9.09. The Labute approximate surface area is 298 Å². The van der Waals surface area contributed by atoms with Crippen LogP contribution in [0.3, 0.4) is 0 Å². The lowest BCUT2D eigenvalue weighted by molar-refractivity contribution is -0.187. The highest BCUT2D eigenvalue weighted by Crippen LogP contribution is 2.36. The van der Waals surface area contributed by atoms with Crippen LogP contribution in [0, 0.1) is 0 Å². The van der Waals surface area contributed by atoms with E-state index >= 15 is 0 Å². The zero-order valence-electron chi connectivity index (χ0n) is 31.1. The van der Waals surface area contributed by atoms with Gasteiger partial charge in [-0.3, -0.25) is 0 Å². The van der Waals surface area contributed by atoms with Crippen molar-refractivity contribution in [2.24, 2.45) is 0 Å². The lowest BCUT2D eigenvalue weighted by Gasteiger charge is -2.34. The van der Waals surface area contributed by atoms with Crippen molar-refractivity contribution in [2.75, 3.05) is 37.9 Å². The topological polar surface area (TPSA) is 36.9 Å². The summed E-state index contributed by atoms with van der Waals surface area (Å²) < 4.78 is 26.5. The molecular formula is C36H78O4S3Si2. The molecule has 272 valence electrons. The van der Waals surface area contributed by atoms with E-state index in [0.717, 1.165) is 39.3 Å². The van der Waals surface area contributed by atoms with E-state index in [1.165, 1.54) is 139 Å². The molecule has 0 aromatic heterocycles. The molecule has 0 fully saturated rings. The van der Waals surface area contributed by atoms with Gasteiger partial charge in [-0.05, 0) is 74.0 Å². The molecule has 0 radical (unpaired) electrons. The Morgan fingerprint density at radius 3 is 1.02 bits per heavy atom. The molecule has 0 saturated heterocycles. The first-order valence-corrected chi connectivity index (χ1v) is 26.8. The maximum Gasteiger partial charge on any atom is 0.144 e. The van der Waals surface area contributed by atoms with Crippen LogP contribution in [0.1, 0.15) is 170 Å². The molecule has 0 spiro atoms. The number of unbranched alkanes of at least 4 members (excludes halogenated alkanes) is 10. The third-order valence-corrected chi connectivity index (χ3v) is 18.0. The predicted octanol–water partition coefficient (Wildman–Crippen LogP) is 11.5. The van der Waals surface area contributed by atoms with Crippen LogP contribution in [0.15, 0.2) is 0 Å². The molecule has 0 aliphatic carbocycles. The summed E-state index contributed by atoms with van der Waals surface area (Å²) in [6.45, 7) is 17.2. The zero-order valence-corrected chi connectivity index (χ0v) is 36.3. The van der Waals surface area contributed by atoms with Gasteiger partial charge < -0.3 is 18.9 Å². The standard InChI is InChI=1S/C36H78O4S3Si2/c1-7-13-19-27-37-35(44-33-11-5,38-28-20-14-8-2)25-17-23-31-41-43-42-32-24-18-26-36(45-34-12-6,39-29-21-15-9-3)40-30-22-16-10-4/h7-34,44-45H2,1-6H3. The Kier molecular flexibility index (Phi) is 36.2. The van der Waals surface area contributed by atoms with Crippen LogP contribution < -0.4 is 0 Å². The SMILES string of the molecule is CCCCCOC(CCCCSSSCCCCC(OCCCCC)(OCCCCC)[SiH2]CCC)(OCCCCC)[SiH2]CCC. The van der Waals surface area contributed by atoms with Gasteiger partial charge in [-0.1, -0.05) is 139 Å². The molecule has 0 saturated carbocycles. The van der Waals surface area contributed by atoms with Crippen molar-refractivity contribution in [3.05, 3.63) is 0 Å². The number of hydrogen-bond donors (Lipinski definition) is 0. The van der Waals surface area contributed by atoms with Gasteiger partial charge in [0, 0.05) is 37.9 Å². The van der Waals surface area contributed by atoms with Crippen molar-refractivity contribution >= 4 is 50.5 Å². The minimum atomic E-state index is -0.413. The van der Waals surface area contributed by atoms with E-state index in [1.54, 1.807) is 0 Å². The normalized spacial score (nSPS) is 12.9. The summed E-state index contributed by atoms with van der Waals surface area (Å²) in [5.74, 6) is 2.44. The highest BCUT2D eigenvalue weighted by atomic mass is 33.5. The van der Waals surface area contributed by atoms with Crippen LogP contribution >= 0.6 is 31.4 Å². The summed E-state index contributed by atoms with van der Waals surface area (Å²) in [6.07, 6.45) is 24.3. The van der Waals surface area contributed by atoms with E-state index < -0.39 is 19.0 Å². The van der Waals surface area contributed by atoms with Gasteiger partial charge in [-0.25, -0.2) is 0 Å². The number of ether oxygens (including phenoxy) is 4. The van der Waals surface area contributed by atoms with Gasteiger partial charge in [0.25, 0.3) is 0 Å². The average Bonchev–Trinajstić information content (AvgIpc) is 3.05.